The first-order valence-electron chi connectivity index (χ1n) is 11.8. The molecule has 2 saturated carbocycles. The van der Waals surface area contributed by atoms with Gasteiger partial charge in [0.1, 0.15) is 0 Å². The second-order valence-corrected chi connectivity index (χ2v) is 10.7. The monoisotopic (exact) mass is 405 g/mol. The van der Waals surface area contributed by atoms with Crippen LogP contribution < -0.4 is 0 Å². The van der Waals surface area contributed by atoms with Crippen LogP contribution in [0.5, 0.6) is 0 Å². The van der Waals surface area contributed by atoms with Crippen LogP contribution >= 0.6 is 0 Å². The molecular formula is C28H39NO. The molecule has 0 saturated heterocycles. The van der Waals surface area contributed by atoms with E-state index in [1.807, 2.05) is 0 Å². The van der Waals surface area contributed by atoms with Crippen molar-refractivity contribution in [2.24, 2.45) is 22.7 Å². The van der Waals surface area contributed by atoms with Crippen molar-refractivity contribution in [3.05, 3.63) is 59.8 Å². The number of aliphatic hydroxyl groups excluding tert-OH is 1. The Bertz CT molecular complexity index is 948. The number of nitrogens with one attached hydrogen (secondary N) is 1. The summed E-state index contributed by atoms with van der Waals surface area (Å²) in [5, 5.41) is 12.4. The van der Waals surface area contributed by atoms with Crippen LogP contribution in [0, 0.1) is 22.7 Å². The van der Waals surface area contributed by atoms with Crippen molar-refractivity contribution in [2.45, 2.75) is 78.7 Å². The number of fused-ring (bicyclic) bond motifs is 2. The van der Waals surface area contributed by atoms with Gasteiger partial charge in [0.15, 0.2) is 0 Å². The molecule has 0 spiro atoms. The minimum absolute atomic E-state index is 0.0202. The Kier molecular flexibility index (Phi) is 5.74. The first-order chi connectivity index (χ1) is 14.3. The molecule has 2 heteroatoms. The summed E-state index contributed by atoms with van der Waals surface area (Å²) in [7, 11) is 0. The van der Waals surface area contributed by atoms with Crippen LogP contribution in [0.4, 0.5) is 0 Å². The first kappa shape index (κ1) is 21.4. The lowest BCUT2D eigenvalue weighted by atomic mass is 9.46. The van der Waals surface area contributed by atoms with Crippen molar-refractivity contribution in [2.75, 3.05) is 0 Å². The van der Waals surface area contributed by atoms with Gasteiger partial charge in [-0.2, -0.15) is 0 Å². The van der Waals surface area contributed by atoms with Crippen LogP contribution in [0.2, 0.25) is 0 Å². The summed E-state index contributed by atoms with van der Waals surface area (Å²) >= 11 is 0. The van der Waals surface area contributed by atoms with Gasteiger partial charge in [0.05, 0.1) is 6.10 Å². The van der Waals surface area contributed by atoms with Gasteiger partial charge in [-0.05, 0) is 93.1 Å². The zero-order valence-corrected chi connectivity index (χ0v) is 19.3. The number of hydrogen-bond acceptors (Lipinski definition) is 1. The molecule has 0 bridgehead atoms. The maximum atomic E-state index is 11.1. The second-order valence-electron chi connectivity index (χ2n) is 10.7. The minimum Gasteiger partial charge on any atom is -0.393 e. The fourth-order valence-electron chi connectivity index (χ4n) is 6.75. The maximum Gasteiger partial charge on any atom is 0.0597 e. The van der Waals surface area contributed by atoms with Crippen molar-refractivity contribution in [3.8, 4) is 0 Å². The average Bonchev–Trinajstić information content (AvgIpc) is 3.11. The van der Waals surface area contributed by atoms with E-state index in [-0.39, 0.29) is 16.9 Å². The second kappa shape index (κ2) is 8.04. The summed E-state index contributed by atoms with van der Waals surface area (Å²) in [4.78, 5) is 3.44. The number of benzene rings is 1. The molecule has 1 aromatic heterocycles. The predicted octanol–water partition coefficient (Wildman–Crippen LogP) is 7.21. The molecule has 2 nitrogen and oxygen atoms in total. The molecule has 2 N–H and O–H groups in total. The van der Waals surface area contributed by atoms with Crippen LogP contribution in [0.15, 0.2) is 54.3 Å². The summed E-state index contributed by atoms with van der Waals surface area (Å²) < 4.78 is 0. The molecule has 162 valence electrons. The van der Waals surface area contributed by atoms with Crippen molar-refractivity contribution in [3.63, 3.8) is 0 Å². The highest BCUT2D eigenvalue weighted by Crippen LogP contribution is 2.62. The van der Waals surface area contributed by atoms with Crippen LogP contribution in [0.1, 0.15) is 71.8 Å². The van der Waals surface area contributed by atoms with Gasteiger partial charge < -0.3 is 10.1 Å². The van der Waals surface area contributed by atoms with Gasteiger partial charge in [0.2, 0.25) is 0 Å². The Morgan fingerprint density at radius 2 is 1.97 bits per heavy atom. The number of hydrogen-bond donors (Lipinski definition) is 2. The highest BCUT2D eigenvalue weighted by Gasteiger charge is 2.56. The molecule has 4 rings (SSSR count). The molecule has 5 atom stereocenters. The lowest BCUT2D eigenvalue weighted by Crippen LogP contribution is -2.54. The Balaban J connectivity index is 1.56. The van der Waals surface area contributed by atoms with E-state index < -0.39 is 0 Å². The third-order valence-electron chi connectivity index (χ3n) is 8.67. The van der Waals surface area contributed by atoms with E-state index in [0.717, 1.165) is 32.1 Å². The number of aromatic amines is 1. The molecule has 30 heavy (non-hydrogen) atoms. The maximum absolute atomic E-state index is 11.1. The van der Waals surface area contributed by atoms with Crippen LogP contribution in [-0.4, -0.2) is 16.2 Å². The number of aliphatic hydroxyl groups is 1. The Morgan fingerprint density at radius 1 is 1.20 bits per heavy atom. The van der Waals surface area contributed by atoms with E-state index in [9.17, 15) is 5.11 Å². The summed E-state index contributed by atoms with van der Waals surface area (Å²) in [5.41, 5.74) is 5.57. The SMILES string of the molecule is C=C1[C@H](Cc2c[nH]c3ccccc23)CCC2[C@](C)(CCC=C(C)C)[C@@H](O)CC[C@]12C. The molecule has 2 fully saturated rings. The van der Waals surface area contributed by atoms with E-state index >= 15 is 0 Å². The molecule has 0 amide bonds. The van der Waals surface area contributed by atoms with Gasteiger partial charge in [-0.15, -0.1) is 0 Å². The molecule has 1 unspecified atom stereocenters. The highest BCUT2D eigenvalue weighted by molar-refractivity contribution is 5.83. The number of aromatic nitrogens is 1. The zero-order chi connectivity index (χ0) is 21.5. The molecule has 0 radical (unpaired) electrons. The van der Waals surface area contributed by atoms with Crippen LogP contribution in [0.25, 0.3) is 10.9 Å². The van der Waals surface area contributed by atoms with Crippen molar-refractivity contribution < 1.29 is 5.11 Å². The standard InChI is InChI=1S/C28H39NO/c1-19(2)9-8-15-28(5)25-13-12-21(20(3)27(25,4)16-14-26(28)30)17-22-18-29-24-11-7-6-10-23(22)24/h6-7,9-11,18,21,25-26,29-30H,3,8,12-17H2,1-2,4-5H3/t21-,25?,26-,27+,28-/m0/s1. The van der Waals surface area contributed by atoms with Crippen LogP contribution in [-0.2, 0) is 6.42 Å². The molecular weight excluding hydrogens is 366 g/mol. The molecule has 1 aromatic carbocycles. The quantitative estimate of drug-likeness (QED) is 0.507. The van der Waals surface area contributed by atoms with Gasteiger partial charge in [-0.25, -0.2) is 0 Å². The fraction of sp³-hybridized carbons (Fsp3) is 0.571. The first-order valence-corrected chi connectivity index (χ1v) is 11.8. The van der Waals surface area contributed by atoms with E-state index in [4.69, 9.17) is 6.58 Å². The number of H-pyrrole nitrogens is 1. The lowest BCUT2D eigenvalue weighted by Gasteiger charge is -2.59. The third-order valence-corrected chi connectivity index (χ3v) is 8.67. The highest BCUT2D eigenvalue weighted by atomic mass is 16.3. The van der Waals surface area contributed by atoms with Gasteiger partial charge >= 0.3 is 0 Å². The van der Waals surface area contributed by atoms with E-state index in [0.29, 0.717) is 11.8 Å². The number of rotatable bonds is 5. The topological polar surface area (TPSA) is 36.0 Å². The largest absolute Gasteiger partial charge is 0.393 e. The predicted molar refractivity (Wildman–Crippen MR) is 127 cm³/mol. The van der Waals surface area contributed by atoms with E-state index in [1.54, 1.807) is 0 Å². The van der Waals surface area contributed by atoms with Gasteiger partial charge in [-0.1, -0.05) is 55.8 Å². The van der Waals surface area contributed by atoms with Gasteiger partial charge in [0.25, 0.3) is 0 Å². The van der Waals surface area contributed by atoms with Gasteiger partial charge in [0, 0.05) is 17.1 Å². The lowest BCUT2D eigenvalue weighted by molar-refractivity contribution is -0.112. The van der Waals surface area contributed by atoms with E-state index in [2.05, 4.69) is 69.2 Å². The Labute approximate surface area is 182 Å². The summed E-state index contributed by atoms with van der Waals surface area (Å²) in [6, 6.07) is 8.62. The Morgan fingerprint density at radius 3 is 2.73 bits per heavy atom. The summed E-state index contributed by atoms with van der Waals surface area (Å²) in [5.74, 6) is 1.05. The van der Waals surface area contributed by atoms with Gasteiger partial charge in [-0.3, -0.25) is 0 Å². The molecule has 0 aliphatic heterocycles. The third kappa shape index (κ3) is 3.58. The molecule has 2 aromatic rings. The molecule has 1 heterocycles. The summed E-state index contributed by atoms with van der Waals surface area (Å²) in [6.45, 7) is 13.8. The number of allylic oxidation sites excluding steroid dienone is 3. The van der Waals surface area contributed by atoms with Crippen molar-refractivity contribution in [1.29, 1.82) is 0 Å². The minimum atomic E-state index is -0.195. The molecule has 2 aliphatic carbocycles. The normalized spacial score (nSPS) is 34.0. The average molecular weight is 406 g/mol. The Hall–Kier alpha value is -1.80. The fourth-order valence-corrected chi connectivity index (χ4v) is 6.75. The van der Waals surface area contributed by atoms with Crippen LogP contribution in [0.3, 0.4) is 0 Å². The number of para-hydroxylation sites is 1. The summed E-state index contributed by atoms with van der Waals surface area (Å²) in [6.07, 6.45) is 11.9. The smallest absolute Gasteiger partial charge is 0.0597 e. The van der Waals surface area contributed by atoms with E-state index in [1.165, 1.54) is 40.5 Å². The zero-order valence-electron chi connectivity index (χ0n) is 19.3. The van der Waals surface area contributed by atoms with Crippen molar-refractivity contribution in [1.82, 2.24) is 4.98 Å². The molecule has 2 aliphatic rings. The van der Waals surface area contributed by atoms with Crippen molar-refractivity contribution >= 4 is 10.9 Å².